The Hall–Kier alpha value is 0.310. The topological polar surface area (TPSA) is 3.24 Å². The number of rotatable bonds is 4. The molecule has 0 bridgehead atoms. The van der Waals surface area contributed by atoms with Crippen molar-refractivity contribution in [3.05, 3.63) is 0 Å². The van der Waals surface area contributed by atoms with Crippen molar-refractivity contribution in [1.82, 2.24) is 4.90 Å². The van der Waals surface area contributed by atoms with E-state index in [4.69, 9.17) is 0 Å². The quantitative estimate of drug-likeness (QED) is 0.618. The molecule has 0 atom stereocenters. The molecule has 0 heterocycles. The van der Waals surface area contributed by atoms with Crippen LogP contribution in [0.4, 0.5) is 0 Å². The zero-order chi connectivity index (χ0) is 8.20. The second-order valence-electron chi connectivity index (χ2n) is 3.31. The molecule has 0 saturated heterocycles. The van der Waals surface area contributed by atoms with Crippen molar-refractivity contribution in [3.8, 4) is 0 Å². The van der Waals surface area contributed by atoms with Crippen LogP contribution in [0.3, 0.4) is 0 Å². The van der Waals surface area contributed by atoms with Crippen LogP contribution >= 0.6 is 12.6 Å². The largest absolute Gasteiger partial charge is 0.300 e. The summed E-state index contributed by atoms with van der Waals surface area (Å²) in [6.07, 6.45) is 1.19. The molecule has 0 aromatic carbocycles. The van der Waals surface area contributed by atoms with E-state index in [-0.39, 0.29) is 0 Å². The molecule has 0 radical (unpaired) electrons. The smallest absolute Gasteiger partial charge is 0.0147 e. The molecule has 2 heteroatoms. The van der Waals surface area contributed by atoms with Crippen LogP contribution in [0.5, 0.6) is 0 Å². The Morgan fingerprint density at radius 1 is 1.40 bits per heavy atom. The summed E-state index contributed by atoms with van der Waals surface area (Å²) in [5.41, 5.74) is 0.336. The molecule has 0 saturated carbocycles. The first-order valence-electron chi connectivity index (χ1n) is 3.86. The van der Waals surface area contributed by atoms with E-state index in [1.54, 1.807) is 0 Å². The van der Waals surface area contributed by atoms with Crippen LogP contribution in [0, 0.1) is 0 Å². The molecule has 0 aliphatic rings. The second kappa shape index (κ2) is 4.24. The molecule has 0 spiro atoms. The fourth-order valence-corrected chi connectivity index (χ4v) is 1.02. The Morgan fingerprint density at radius 2 is 1.90 bits per heavy atom. The summed E-state index contributed by atoms with van der Waals surface area (Å²) in [6.45, 7) is 7.81. The maximum Gasteiger partial charge on any atom is 0.0147 e. The van der Waals surface area contributed by atoms with Crippen molar-refractivity contribution in [3.63, 3.8) is 0 Å². The van der Waals surface area contributed by atoms with Gasteiger partial charge in [0.2, 0.25) is 0 Å². The lowest BCUT2D eigenvalue weighted by Gasteiger charge is -2.34. The fourth-order valence-electron chi connectivity index (χ4n) is 0.723. The lowest BCUT2D eigenvalue weighted by atomic mass is 10.0. The van der Waals surface area contributed by atoms with E-state index in [0.717, 1.165) is 12.3 Å². The van der Waals surface area contributed by atoms with Crippen LogP contribution in [-0.2, 0) is 0 Å². The molecule has 0 aliphatic carbocycles. The zero-order valence-electron chi connectivity index (χ0n) is 7.52. The summed E-state index contributed by atoms with van der Waals surface area (Å²) >= 11 is 4.19. The maximum atomic E-state index is 4.19. The first-order chi connectivity index (χ1) is 4.54. The Labute approximate surface area is 70.2 Å². The van der Waals surface area contributed by atoms with Crippen LogP contribution in [0.2, 0.25) is 0 Å². The third-order valence-corrected chi connectivity index (χ3v) is 2.53. The molecule has 10 heavy (non-hydrogen) atoms. The normalized spacial score (nSPS) is 12.6. The van der Waals surface area contributed by atoms with Gasteiger partial charge in [-0.05, 0) is 27.3 Å². The van der Waals surface area contributed by atoms with E-state index >= 15 is 0 Å². The third kappa shape index (κ3) is 2.93. The molecule has 0 amide bonds. The first kappa shape index (κ1) is 10.3. The minimum atomic E-state index is 0.336. The summed E-state index contributed by atoms with van der Waals surface area (Å²) < 4.78 is 0. The Kier molecular flexibility index (Phi) is 4.37. The van der Waals surface area contributed by atoms with Crippen molar-refractivity contribution in [2.45, 2.75) is 32.7 Å². The van der Waals surface area contributed by atoms with Crippen molar-refractivity contribution in [1.29, 1.82) is 0 Å². The number of hydrogen-bond donors (Lipinski definition) is 1. The summed E-state index contributed by atoms with van der Waals surface area (Å²) in [7, 11) is 2.15. The summed E-state index contributed by atoms with van der Waals surface area (Å²) in [4.78, 5) is 2.35. The monoisotopic (exact) mass is 161 g/mol. The molecule has 0 aromatic rings. The van der Waals surface area contributed by atoms with Gasteiger partial charge in [0, 0.05) is 17.8 Å². The number of nitrogens with zero attached hydrogens (tertiary/aromatic N) is 1. The van der Waals surface area contributed by atoms with Gasteiger partial charge >= 0.3 is 0 Å². The summed E-state index contributed by atoms with van der Waals surface area (Å²) in [6, 6.07) is 0. The highest BCUT2D eigenvalue weighted by Gasteiger charge is 2.19. The van der Waals surface area contributed by atoms with E-state index < -0.39 is 0 Å². The van der Waals surface area contributed by atoms with Crippen molar-refractivity contribution >= 4 is 12.6 Å². The van der Waals surface area contributed by atoms with E-state index in [9.17, 15) is 0 Å². The van der Waals surface area contributed by atoms with Gasteiger partial charge in [-0.1, -0.05) is 6.92 Å². The van der Waals surface area contributed by atoms with Crippen LogP contribution in [0.15, 0.2) is 0 Å². The van der Waals surface area contributed by atoms with Crippen molar-refractivity contribution < 1.29 is 0 Å². The van der Waals surface area contributed by atoms with Gasteiger partial charge in [0.1, 0.15) is 0 Å². The van der Waals surface area contributed by atoms with Gasteiger partial charge in [-0.2, -0.15) is 12.6 Å². The molecule has 1 nitrogen and oxygen atoms in total. The van der Waals surface area contributed by atoms with Crippen LogP contribution in [0.25, 0.3) is 0 Å². The molecule has 0 unspecified atom stereocenters. The zero-order valence-corrected chi connectivity index (χ0v) is 8.41. The maximum absolute atomic E-state index is 4.19. The van der Waals surface area contributed by atoms with Gasteiger partial charge in [-0.15, -0.1) is 0 Å². The van der Waals surface area contributed by atoms with E-state index in [0.29, 0.717) is 5.54 Å². The number of hydrogen-bond acceptors (Lipinski definition) is 2. The molecular formula is C8H19NS. The molecule has 62 valence electrons. The standard InChI is InChI=1S/C8H19NS/c1-5-8(2,3)9(4)6-7-10/h10H,5-7H2,1-4H3. The van der Waals surface area contributed by atoms with Gasteiger partial charge in [0.25, 0.3) is 0 Å². The van der Waals surface area contributed by atoms with Gasteiger partial charge in [0.05, 0.1) is 0 Å². The van der Waals surface area contributed by atoms with Crippen LogP contribution < -0.4 is 0 Å². The lowest BCUT2D eigenvalue weighted by Crippen LogP contribution is -2.41. The average Bonchev–Trinajstić information content (AvgIpc) is 1.89. The van der Waals surface area contributed by atoms with Crippen LogP contribution in [-0.4, -0.2) is 29.8 Å². The molecular weight excluding hydrogens is 142 g/mol. The minimum Gasteiger partial charge on any atom is -0.300 e. The van der Waals surface area contributed by atoms with Crippen molar-refractivity contribution in [2.75, 3.05) is 19.3 Å². The number of thiol groups is 1. The molecule has 0 fully saturated rings. The van der Waals surface area contributed by atoms with E-state index in [1.165, 1.54) is 6.42 Å². The summed E-state index contributed by atoms with van der Waals surface area (Å²) in [5.74, 6) is 0.944. The summed E-state index contributed by atoms with van der Waals surface area (Å²) in [5, 5.41) is 0. The molecule has 0 aliphatic heterocycles. The van der Waals surface area contributed by atoms with Crippen molar-refractivity contribution in [2.24, 2.45) is 0 Å². The van der Waals surface area contributed by atoms with E-state index in [2.05, 4.69) is 45.3 Å². The Morgan fingerprint density at radius 3 is 2.20 bits per heavy atom. The minimum absolute atomic E-state index is 0.336. The predicted molar refractivity (Wildman–Crippen MR) is 50.9 cm³/mol. The third-order valence-electron chi connectivity index (χ3n) is 2.33. The van der Waals surface area contributed by atoms with Gasteiger partial charge < -0.3 is 4.90 Å². The van der Waals surface area contributed by atoms with Gasteiger partial charge in [0.15, 0.2) is 0 Å². The van der Waals surface area contributed by atoms with Gasteiger partial charge in [-0.3, -0.25) is 0 Å². The SMILES string of the molecule is CCC(C)(C)N(C)CCS. The fraction of sp³-hybridized carbons (Fsp3) is 1.00. The highest BCUT2D eigenvalue weighted by atomic mass is 32.1. The van der Waals surface area contributed by atoms with Gasteiger partial charge in [-0.25, -0.2) is 0 Å². The molecule has 0 rings (SSSR count). The van der Waals surface area contributed by atoms with E-state index in [1.807, 2.05) is 0 Å². The molecule has 0 aromatic heterocycles. The molecule has 0 N–H and O–H groups in total. The highest BCUT2D eigenvalue weighted by Crippen LogP contribution is 2.15. The lowest BCUT2D eigenvalue weighted by molar-refractivity contribution is 0.161. The predicted octanol–water partition coefficient (Wildman–Crippen LogP) is 2.04. The second-order valence-corrected chi connectivity index (χ2v) is 3.76. The first-order valence-corrected chi connectivity index (χ1v) is 4.50. The Bertz CT molecular complexity index is 91.3. The highest BCUT2D eigenvalue weighted by molar-refractivity contribution is 7.80. The average molecular weight is 161 g/mol. The van der Waals surface area contributed by atoms with Crippen LogP contribution in [0.1, 0.15) is 27.2 Å². The Balaban J connectivity index is 3.78.